The second-order valence-corrected chi connectivity index (χ2v) is 7.06. The number of benzene rings is 1. The van der Waals surface area contributed by atoms with Crippen molar-refractivity contribution in [2.75, 3.05) is 5.32 Å². The first kappa shape index (κ1) is 15.8. The SMILES string of the molecule is Cc1ccc(-c2cccc(NC(=O)C3(C(=O)NC4CC4)CC3)n2)cc1. The number of nitrogens with one attached hydrogen (secondary N) is 2. The van der Waals surface area contributed by atoms with Gasteiger partial charge in [-0.2, -0.15) is 0 Å². The van der Waals surface area contributed by atoms with Crippen molar-refractivity contribution in [3.63, 3.8) is 0 Å². The largest absolute Gasteiger partial charge is 0.352 e. The summed E-state index contributed by atoms with van der Waals surface area (Å²) in [6.45, 7) is 2.04. The Kier molecular flexibility index (Phi) is 3.79. The van der Waals surface area contributed by atoms with E-state index in [4.69, 9.17) is 0 Å². The van der Waals surface area contributed by atoms with Gasteiger partial charge < -0.3 is 10.6 Å². The van der Waals surface area contributed by atoms with Crippen molar-refractivity contribution in [3.8, 4) is 11.3 Å². The van der Waals surface area contributed by atoms with Gasteiger partial charge in [-0.05, 0) is 44.7 Å². The molecule has 0 radical (unpaired) electrons. The van der Waals surface area contributed by atoms with E-state index in [0.29, 0.717) is 18.7 Å². The van der Waals surface area contributed by atoms with E-state index in [0.717, 1.165) is 24.1 Å². The number of nitrogens with zero attached hydrogens (tertiary/aromatic N) is 1. The van der Waals surface area contributed by atoms with Crippen molar-refractivity contribution in [1.82, 2.24) is 10.3 Å². The highest BCUT2D eigenvalue weighted by atomic mass is 16.2. The van der Waals surface area contributed by atoms with E-state index in [1.165, 1.54) is 5.56 Å². The first-order chi connectivity index (χ1) is 12.1. The zero-order valence-electron chi connectivity index (χ0n) is 14.2. The fourth-order valence-corrected chi connectivity index (χ4v) is 2.86. The Morgan fingerprint density at radius 2 is 1.76 bits per heavy atom. The van der Waals surface area contributed by atoms with Crippen LogP contribution in [0, 0.1) is 12.3 Å². The highest BCUT2D eigenvalue weighted by molar-refractivity contribution is 6.12. The molecular weight excluding hydrogens is 314 g/mol. The van der Waals surface area contributed by atoms with Gasteiger partial charge in [-0.1, -0.05) is 35.9 Å². The molecule has 2 aromatic rings. The summed E-state index contributed by atoms with van der Waals surface area (Å²) in [6.07, 6.45) is 3.25. The van der Waals surface area contributed by atoms with Gasteiger partial charge >= 0.3 is 0 Å². The van der Waals surface area contributed by atoms with Crippen LogP contribution in [-0.4, -0.2) is 22.8 Å². The molecule has 0 spiro atoms. The maximum absolute atomic E-state index is 12.6. The summed E-state index contributed by atoms with van der Waals surface area (Å²) in [4.78, 5) is 29.5. The molecule has 128 valence electrons. The first-order valence-corrected chi connectivity index (χ1v) is 8.73. The normalized spacial score (nSPS) is 17.6. The highest BCUT2D eigenvalue weighted by Gasteiger charge is 2.57. The van der Waals surface area contributed by atoms with Crippen LogP contribution in [0.5, 0.6) is 0 Å². The highest BCUT2D eigenvalue weighted by Crippen LogP contribution is 2.47. The summed E-state index contributed by atoms with van der Waals surface area (Å²) in [5, 5.41) is 5.78. The Labute approximate surface area is 146 Å². The number of pyridine rings is 1. The number of carbonyl (C=O) groups excluding carboxylic acids is 2. The van der Waals surface area contributed by atoms with Crippen LogP contribution >= 0.6 is 0 Å². The van der Waals surface area contributed by atoms with Crippen LogP contribution in [0.4, 0.5) is 5.82 Å². The van der Waals surface area contributed by atoms with Gasteiger partial charge in [0, 0.05) is 11.6 Å². The summed E-state index contributed by atoms with van der Waals surface area (Å²) >= 11 is 0. The van der Waals surface area contributed by atoms with Crippen molar-refractivity contribution in [2.45, 2.75) is 38.6 Å². The molecule has 4 rings (SSSR count). The van der Waals surface area contributed by atoms with Gasteiger partial charge in [0.05, 0.1) is 5.69 Å². The van der Waals surface area contributed by atoms with Crippen molar-refractivity contribution < 1.29 is 9.59 Å². The molecule has 1 aromatic carbocycles. The summed E-state index contributed by atoms with van der Waals surface area (Å²) < 4.78 is 0. The van der Waals surface area contributed by atoms with Crippen molar-refractivity contribution in [3.05, 3.63) is 48.0 Å². The van der Waals surface area contributed by atoms with Crippen LogP contribution in [-0.2, 0) is 9.59 Å². The van der Waals surface area contributed by atoms with Gasteiger partial charge in [0.2, 0.25) is 11.8 Å². The summed E-state index contributed by atoms with van der Waals surface area (Å²) in [5.41, 5.74) is 2.08. The van der Waals surface area contributed by atoms with Crippen molar-refractivity contribution >= 4 is 17.6 Å². The Balaban J connectivity index is 1.49. The van der Waals surface area contributed by atoms with E-state index >= 15 is 0 Å². The molecule has 5 nitrogen and oxygen atoms in total. The minimum atomic E-state index is -0.899. The standard InChI is InChI=1S/C20H21N3O2/c1-13-5-7-14(8-6-13)16-3-2-4-17(22-16)23-19(25)20(11-12-20)18(24)21-15-9-10-15/h2-8,15H,9-12H2,1H3,(H,21,24)(H,22,23,25). The molecule has 2 saturated carbocycles. The lowest BCUT2D eigenvalue weighted by Crippen LogP contribution is -2.41. The minimum absolute atomic E-state index is 0.137. The van der Waals surface area contributed by atoms with Gasteiger partial charge in [0.15, 0.2) is 0 Å². The lowest BCUT2D eigenvalue weighted by Gasteiger charge is -2.15. The molecule has 0 unspecified atom stereocenters. The molecule has 1 aromatic heterocycles. The molecule has 0 bridgehead atoms. The zero-order valence-corrected chi connectivity index (χ0v) is 14.2. The molecular formula is C20H21N3O2. The van der Waals surface area contributed by atoms with Gasteiger partial charge in [-0.25, -0.2) is 4.98 Å². The smallest absolute Gasteiger partial charge is 0.241 e. The summed E-state index contributed by atoms with van der Waals surface area (Å²) in [6, 6.07) is 13.9. The van der Waals surface area contributed by atoms with E-state index in [9.17, 15) is 9.59 Å². The number of hydrogen-bond donors (Lipinski definition) is 2. The van der Waals surface area contributed by atoms with E-state index in [1.54, 1.807) is 6.07 Å². The number of hydrogen-bond acceptors (Lipinski definition) is 3. The third kappa shape index (κ3) is 3.27. The third-order valence-corrected chi connectivity index (χ3v) is 4.87. The molecule has 2 aliphatic rings. The predicted molar refractivity (Wildman–Crippen MR) is 95.9 cm³/mol. The van der Waals surface area contributed by atoms with Gasteiger partial charge in [-0.3, -0.25) is 9.59 Å². The van der Waals surface area contributed by atoms with Gasteiger partial charge in [-0.15, -0.1) is 0 Å². The Morgan fingerprint density at radius 1 is 1.04 bits per heavy atom. The number of anilines is 1. The van der Waals surface area contributed by atoms with E-state index in [-0.39, 0.29) is 17.9 Å². The zero-order chi connectivity index (χ0) is 17.4. The van der Waals surface area contributed by atoms with Crippen LogP contribution < -0.4 is 10.6 Å². The van der Waals surface area contributed by atoms with E-state index < -0.39 is 5.41 Å². The first-order valence-electron chi connectivity index (χ1n) is 8.73. The molecule has 2 N–H and O–H groups in total. The lowest BCUT2D eigenvalue weighted by molar-refractivity contribution is -0.134. The third-order valence-electron chi connectivity index (χ3n) is 4.87. The van der Waals surface area contributed by atoms with Crippen molar-refractivity contribution in [1.29, 1.82) is 0 Å². The van der Waals surface area contributed by atoms with E-state index in [2.05, 4.69) is 15.6 Å². The van der Waals surface area contributed by atoms with Crippen LogP contribution in [0.1, 0.15) is 31.2 Å². The van der Waals surface area contributed by atoms with Gasteiger partial charge in [0.25, 0.3) is 0 Å². The number of aromatic nitrogens is 1. The summed E-state index contributed by atoms with van der Waals surface area (Å²) in [7, 11) is 0. The van der Waals surface area contributed by atoms with E-state index in [1.807, 2.05) is 43.3 Å². The minimum Gasteiger partial charge on any atom is -0.352 e. The van der Waals surface area contributed by atoms with Crippen molar-refractivity contribution in [2.24, 2.45) is 5.41 Å². The van der Waals surface area contributed by atoms with Crippen LogP contribution in [0.25, 0.3) is 11.3 Å². The Hall–Kier alpha value is -2.69. The maximum Gasteiger partial charge on any atom is 0.241 e. The predicted octanol–water partition coefficient (Wildman–Crippen LogP) is 3.05. The molecule has 0 saturated heterocycles. The molecule has 0 atom stereocenters. The van der Waals surface area contributed by atoms with Crippen LogP contribution in [0.3, 0.4) is 0 Å². The number of rotatable bonds is 5. The molecule has 0 aliphatic heterocycles. The Morgan fingerprint density at radius 3 is 2.40 bits per heavy atom. The molecule has 1 heterocycles. The number of aryl methyl sites for hydroxylation is 1. The fourth-order valence-electron chi connectivity index (χ4n) is 2.86. The summed E-state index contributed by atoms with van der Waals surface area (Å²) in [5.74, 6) is 0.0926. The Bertz CT molecular complexity index is 821. The average molecular weight is 335 g/mol. The quantitative estimate of drug-likeness (QED) is 0.825. The van der Waals surface area contributed by atoms with Gasteiger partial charge in [0.1, 0.15) is 11.2 Å². The topological polar surface area (TPSA) is 71.1 Å². The van der Waals surface area contributed by atoms with Crippen LogP contribution in [0.15, 0.2) is 42.5 Å². The molecule has 2 amide bonds. The maximum atomic E-state index is 12.6. The molecule has 25 heavy (non-hydrogen) atoms. The second kappa shape index (κ2) is 5.99. The number of carbonyl (C=O) groups is 2. The average Bonchev–Trinajstić information content (AvgIpc) is 3.50. The number of amides is 2. The van der Waals surface area contributed by atoms with Crippen LogP contribution in [0.2, 0.25) is 0 Å². The molecule has 5 heteroatoms. The second-order valence-electron chi connectivity index (χ2n) is 7.06. The monoisotopic (exact) mass is 335 g/mol. The molecule has 2 fully saturated rings. The fraction of sp³-hybridized carbons (Fsp3) is 0.350. The molecule has 2 aliphatic carbocycles. The lowest BCUT2D eigenvalue weighted by atomic mass is 10.1.